The highest BCUT2D eigenvalue weighted by molar-refractivity contribution is 6.31. The first-order valence-corrected chi connectivity index (χ1v) is 7.21. The van der Waals surface area contributed by atoms with Crippen LogP contribution in [-0.4, -0.2) is 17.6 Å². The fraction of sp³-hybridized carbons (Fsp3) is 0.235. The summed E-state index contributed by atoms with van der Waals surface area (Å²) in [6.45, 7) is 3.06. The first kappa shape index (κ1) is 15.4. The highest BCUT2D eigenvalue weighted by Gasteiger charge is 2.11. The van der Waals surface area contributed by atoms with E-state index in [-0.39, 0.29) is 6.42 Å². The van der Waals surface area contributed by atoms with Crippen molar-refractivity contribution in [3.63, 3.8) is 0 Å². The van der Waals surface area contributed by atoms with E-state index in [1.807, 2.05) is 54.3 Å². The van der Waals surface area contributed by atoms with Crippen molar-refractivity contribution >= 4 is 23.3 Å². The van der Waals surface area contributed by atoms with Gasteiger partial charge in [0.25, 0.3) is 0 Å². The number of anilines is 1. The van der Waals surface area contributed by atoms with Crippen LogP contribution in [0.5, 0.6) is 0 Å². The molecule has 0 bridgehead atoms. The van der Waals surface area contributed by atoms with Gasteiger partial charge in [0.2, 0.25) is 0 Å². The number of aryl methyl sites for hydroxylation is 1. The summed E-state index contributed by atoms with van der Waals surface area (Å²) in [5.74, 6) is -0.799. The average Bonchev–Trinajstić information content (AvgIpc) is 2.45. The molecule has 1 N–H and O–H groups in total. The molecule has 0 unspecified atom stereocenters. The van der Waals surface area contributed by atoms with Crippen LogP contribution >= 0.6 is 11.6 Å². The standard InChI is InChI=1S/C17H18ClNO2/c1-13-5-4-7-15(11-13)19(10-9-17(20)21)12-14-6-2-3-8-16(14)18/h2-8,11H,9-10,12H2,1H3,(H,20,21). The molecule has 0 heterocycles. The molecule has 0 saturated carbocycles. The van der Waals surface area contributed by atoms with E-state index in [0.29, 0.717) is 18.1 Å². The van der Waals surface area contributed by atoms with Crippen LogP contribution in [0.3, 0.4) is 0 Å². The Kier molecular flexibility index (Phi) is 5.23. The number of hydrogen-bond acceptors (Lipinski definition) is 2. The molecule has 110 valence electrons. The topological polar surface area (TPSA) is 40.5 Å². The summed E-state index contributed by atoms with van der Waals surface area (Å²) in [6, 6.07) is 15.7. The second kappa shape index (κ2) is 7.14. The van der Waals surface area contributed by atoms with E-state index >= 15 is 0 Å². The molecule has 0 aliphatic rings. The minimum atomic E-state index is -0.799. The molecule has 0 aliphatic carbocycles. The highest BCUT2D eigenvalue weighted by atomic mass is 35.5. The second-order valence-corrected chi connectivity index (χ2v) is 5.40. The van der Waals surface area contributed by atoms with Crippen molar-refractivity contribution in [2.45, 2.75) is 19.9 Å². The van der Waals surface area contributed by atoms with Gasteiger partial charge in [0.05, 0.1) is 6.42 Å². The van der Waals surface area contributed by atoms with Gasteiger partial charge < -0.3 is 10.0 Å². The van der Waals surface area contributed by atoms with Crippen molar-refractivity contribution in [2.24, 2.45) is 0 Å². The molecular formula is C17H18ClNO2. The minimum Gasteiger partial charge on any atom is -0.481 e. The summed E-state index contributed by atoms with van der Waals surface area (Å²) < 4.78 is 0. The number of carbonyl (C=O) groups is 1. The minimum absolute atomic E-state index is 0.0956. The Morgan fingerprint density at radius 2 is 1.95 bits per heavy atom. The third-order valence-corrected chi connectivity index (χ3v) is 3.65. The third kappa shape index (κ3) is 4.50. The summed E-state index contributed by atoms with van der Waals surface area (Å²) in [5.41, 5.74) is 3.15. The normalized spacial score (nSPS) is 10.4. The van der Waals surface area contributed by atoms with Crippen LogP contribution in [0.15, 0.2) is 48.5 Å². The van der Waals surface area contributed by atoms with Gasteiger partial charge >= 0.3 is 5.97 Å². The summed E-state index contributed by atoms with van der Waals surface area (Å²) in [4.78, 5) is 12.9. The van der Waals surface area contributed by atoms with Gasteiger partial charge in [0.15, 0.2) is 0 Å². The fourth-order valence-corrected chi connectivity index (χ4v) is 2.38. The Labute approximate surface area is 129 Å². The lowest BCUT2D eigenvalue weighted by molar-refractivity contribution is -0.136. The number of nitrogens with zero attached hydrogens (tertiary/aromatic N) is 1. The second-order valence-electron chi connectivity index (χ2n) is 5.00. The SMILES string of the molecule is Cc1cccc(N(CCC(=O)O)Cc2ccccc2Cl)c1. The zero-order chi connectivity index (χ0) is 15.2. The lowest BCUT2D eigenvalue weighted by Gasteiger charge is -2.25. The van der Waals surface area contributed by atoms with Gasteiger partial charge in [0.1, 0.15) is 0 Å². The molecule has 0 spiro atoms. The number of carboxylic acid groups (broad SMARTS) is 1. The van der Waals surface area contributed by atoms with E-state index in [4.69, 9.17) is 16.7 Å². The van der Waals surface area contributed by atoms with Crippen molar-refractivity contribution in [3.8, 4) is 0 Å². The molecule has 2 aromatic rings. The monoisotopic (exact) mass is 303 g/mol. The molecule has 0 aromatic heterocycles. The zero-order valence-electron chi connectivity index (χ0n) is 11.9. The molecule has 2 rings (SSSR count). The van der Waals surface area contributed by atoms with E-state index < -0.39 is 5.97 Å². The number of aliphatic carboxylic acids is 1. The Bertz CT molecular complexity index is 628. The van der Waals surface area contributed by atoms with Gasteiger partial charge in [-0.15, -0.1) is 0 Å². The predicted molar refractivity (Wildman–Crippen MR) is 85.9 cm³/mol. The Morgan fingerprint density at radius 1 is 1.19 bits per heavy atom. The maximum Gasteiger partial charge on any atom is 0.305 e. The summed E-state index contributed by atoms with van der Waals surface area (Å²) in [6.07, 6.45) is 0.0956. The maximum absolute atomic E-state index is 10.9. The van der Waals surface area contributed by atoms with Gasteiger partial charge in [-0.25, -0.2) is 0 Å². The third-order valence-electron chi connectivity index (χ3n) is 3.28. The van der Waals surface area contributed by atoms with E-state index in [1.165, 1.54) is 0 Å². The molecule has 0 amide bonds. The van der Waals surface area contributed by atoms with Crippen LogP contribution in [0.25, 0.3) is 0 Å². The lowest BCUT2D eigenvalue weighted by atomic mass is 10.1. The van der Waals surface area contributed by atoms with Gasteiger partial charge in [-0.05, 0) is 36.2 Å². The molecule has 4 heteroatoms. The number of rotatable bonds is 6. The van der Waals surface area contributed by atoms with Crippen molar-refractivity contribution < 1.29 is 9.90 Å². The molecule has 21 heavy (non-hydrogen) atoms. The Hall–Kier alpha value is -2.00. The largest absolute Gasteiger partial charge is 0.481 e. The van der Waals surface area contributed by atoms with Crippen molar-refractivity contribution in [3.05, 3.63) is 64.7 Å². The van der Waals surface area contributed by atoms with Crippen LogP contribution < -0.4 is 4.90 Å². The van der Waals surface area contributed by atoms with E-state index in [9.17, 15) is 4.79 Å². The fourth-order valence-electron chi connectivity index (χ4n) is 2.19. The van der Waals surface area contributed by atoms with E-state index in [0.717, 1.165) is 16.8 Å². The van der Waals surface area contributed by atoms with Crippen molar-refractivity contribution in [1.29, 1.82) is 0 Å². The Morgan fingerprint density at radius 3 is 2.62 bits per heavy atom. The molecule has 2 aromatic carbocycles. The number of halogens is 1. The predicted octanol–water partition coefficient (Wildman–Crippen LogP) is 4.13. The average molecular weight is 304 g/mol. The molecular weight excluding hydrogens is 286 g/mol. The van der Waals surface area contributed by atoms with Gasteiger partial charge in [-0.1, -0.05) is 41.9 Å². The smallest absolute Gasteiger partial charge is 0.305 e. The van der Waals surface area contributed by atoms with Crippen molar-refractivity contribution in [2.75, 3.05) is 11.4 Å². The number of benzene rings is 2. The number of carboxylic acids is 1. The first-order valence-electron chi connectivity index (χ1n) is 6.83. The molecule has 0 saturated heterocycles. The van der Waals surface area contributed by atoms with Crippen LogP contribution in [0.4, 0.5) is 5.69 Å². The van der Waals surface area contributed by atoms with E-state index in [1.54, 1.807) is 0 Å². The maximum atomic E-state index is 10.9. The Balaban J connectivity index is 2.23. The lowest BCUT2D eigenvalue weighted by Crippen LogP contribution is -2.25. The van der Waals surface area contributed by atoms with Crippen molar-refractivity contribution in [1.82, 2.24) is 0 Å². The first-order chi connectivity index (χ1) is 10.1. The van der Waals surface area contributed by atoms with Crippen LogP contribution in [0, 0.1) is 6.92 Å². The quantitative estimate of drug-likeness (QED) is 0.872. The molecule has 0 fully saturated rings. The van der Waals surface area contributed by atoms with Gasteiger partial charge in [-0.2, -0.15) is 0 Å². The summed E-state index contributed by atoms with van der Waals surface area (Å²) in [5, 5.41) is 9.63. The zero-order valence-corrected chi connectivity index (χ0v) is 12.7. The number of hydrogen-bond donors (Lipinski definition) is 1. The molecule has 0 radical (unpaired) electrons. The summed E-state index contributed by atoms with van der Waals surface area (Å²) >= 11 is 6.21. The van der Waals surface area contributed by atoms with Crippen LogP contribution in [-0.2, 0) is 11.3 Å². The molecule has 0 atom stereocenters. The van der Waals surface area contributed by atoms with Gasteiger partial charge in [0, 0.05) is 23.8 Å². The van der Waals surface area contributed by atoms with Gasteiger partial charge in [-0.3, -0.25) is 4.79 Å². The van der Waals surface area contributed by atoms with Crippen LogP contribution in [0.1, 0.15) is 17.5 Å². The van der Waals surface area contributed by atoms with E-state index in [2.05, 4.69) is 6.07 Å². The summed E-state index contributed by atoms with van der Waals surface area (Å²) in [7, 11) is 0. The van der Waals surface area contributed by atoms with Crippen LogP contribution in [0.2, 0.25) is 5.02 Å². The molecule has 3 nitrogen and oxygen atoms in total. The highest BCUT2D eigenvalue weighted by Crippen LogP contribution is 2.22. The molecule has 0 aliphatic heterocycles.